The first-order valence-corrected chi connectivity index (χ1v) is 6.48. The molecule has 1 aromatic carbocycles. The fraction of sp³-hybridized carbons (Fsp3) is 0.286. The Morgan fingerprint density at radius 2 is 2.00 bits per heavy atom. The normalized spacial score (nSPS) is 10.2. The molecule has 1 heterocycles. The Labute approximate surface area is 116 Å². The fourth-order valence-electron chi connectivity index (χ4n) is 1.79. The van der Waals surface area contributed by atoms with E-state index in [0.717, 1.165) is 24.4 Å². The second-order valence-corrected chi connectivity index (χ2v) is 4.39. The van der Waals surface area contributed by atoms with E-state index in [1.807, 2.05) is 19.1 Å². The predicted octanol–water partition coefficient (Wildman–Crippen LogP) is 3.62. The molecule has 0 aliphatic rings. The maximum absolute atomic E-state index is 10.9. The summed E-state index contributed by atoms with van der Waals surface area (Å²) < 4.78 is 5.22. The molecule has 0 unspecified atom stereocenters. The van der Waals surface area contributed by atoms with Gasteiger partial charge in [0, 0.05) is 30.1 Å². The van der Waals surface area contributed by atoms with Gasteiger partial charge in [0.05, 0.1) is 17.7 Å². The number of non-ortho nitro benzene ring substituents is 1. The van der Waals surface area contributed by atoms with Crippen LogP contribution in [-0.4, -0.2) is 11.5 Å². The number of nitro benzene ring substituents is 1. The summed E-state index contributed by atoms with van der Waals surface area (Å²) in [5.74, 6) is 0.777. The molecule has 0 aliphatic heterocycles. The molecule has 0 aliphatic carbocycles. The summed E-state index contributed by atoms with van der Waals surface area (Å²) in [5, 5.41) is 17.2. The molecule has 0 radical (unpaired) electrons. The van der Waals surface area contributed by atoms with Crippen LogP contribution in [0.5, 0.6) is 0 Å². The number of benzene rings is 1. The molecule has 2 aromatic rings. The van der Waals surface area contributed by atoms with Crippen molar-refractivity contribution in [1.29, 1.82) is 0 Å². The Morgan fingerprint density at radius 1 is 1.25 bits per heavy atom. The molecule has 2 N–H and O–H groups in total. The molecule has 0 saturated heterocycles. The summed E-state index contributed by atoms with van der Waals surface area (Å²) in [7, 11) is 0. The van der Waals surface area contributed by atoms with Crippen molar-refractivity contribution in [3.63, 3.8) is 0 Å². The SMILES string of the molecule is CCCNc1cc(NCc2ccco2)cc([N+](=O)[O-])c1. The first-order chi connectivity index (χ1) is 9.69. The highest BCUT2D eigenvalue weighted by Crippen LogP contribution is 2.24. The first kappa shape index (κ1) is 13.9. The van der Waals surface area contributed by atoms with Crippen LogP contribution in [0.25, 0.3) is 0 Å². The summed E-state index contributed by atoms with van der Waals surface area (Å²) >= 11 is 0. The van der Waals surface area contributed by atoms with Gasteiger partial charge in [-0.25, -0.2) is 0 Å². The Kier molecular flexibility index (Phi) is 4.60. The molecular formula is C14H17N3O3. The highest BCUT2D eigenvalue weighted by Gasteiger charge is 2.09. The van der Waals surface area contributed by atoms with E-state index in [0.29, 0.717) is 12.2 Å². The minimum absolute atomic E-state index is 0.0630. The van der Waals surface area contributed by atoms with Gasteiger partial charge in [-0.2, -0.15) is 0 Å². The highest BCUT2D eigenvalue weighted by atomic mass is 16.6. The summed E-state index contributed by atoms with van der Waals surface area (Å²) in [6.45, 7) is 3.31. The zero-order valence-electron chi connectivity index (χ0n) is 11.3. The van der Waals surface area contributed by atoms with Crippen LogP contribution < -0.4 is 10.6 Å². The molecule has 1 aromatic heterocycles. The van der Waals surface area contributed by atoms with Crippen molar-refractivity contribution in [1.82, 2.24) is 0 Å². The van der Waals surface area contributed by atoms with E-state index in [4.69, 9.17) is 4.42 Å². The van der Waals surface area contributed by atoms with Gasteiger partial charge in [0.1, 0.15) is 5.76 Å². The van der Waals surface area contributed by atoms with E-state index in [2.05, 4.69) is 10.6 Å². The molecule has 0 spiro atoms. The van der Waals surface area contributed by atoms with Crippen LogP contribution in [-0.2, 0) is 6.54 Å². The van der Waals surface area contributed by atoms with Crippen LogP contribution in [0.1, 0.15) is 19.1 Å². The first-order valence-electron chi connectivity index (χ1n) is 6.48. The lowest BCUT2D eigenvalue weighted by Gasteiger charge is -2.09. The minimum atomic E-state index is -0.394. The lowest BCUT2D eigenvalue weighted by atomic mass is 10.2. The molecule has 106 valence electrons. The molecular weight excluding hydrogens is 258 g/mol. The summed E-state index contributed by atoms with van der Waals surface area (Å²) in [4.78, 5) is 10.5. The molecule has 0 atom stereocenters. The van der Waals surface area contributed by atoms with Crippen molar-refractivity contribution in [3.8, 4) is 0 Å². The number of anilines is 2. The average Bonchev–Trinajstić information content (AvgIpc) is 2.96. The van der Waals surface area contributed by atoms with E-state index >= 15 is 0 Å². The van der Waals surface area contributed by atoms with Crippen molar-refractivity contribution < 1.29 is 9.34 Å². The van der Waals surface area contributed by atoms with Crippen molar-refractivity contribution in [3.05, 3.63) is 52.5 Å². The van der Waals surface area contributed by atoms with Gasteiger partial charge >= 0.3 is 0 Å². The van der Waals surface area contributed by atoms with E-state index in [1.165, 1.54) is 12.1 Å². The van der Waals surface area contributed by atoms with Crippen molar-refractivity contribution in [2.75, 3.05) is 17.2 Å². The Morgan fingerprint density at radius 3 is 2.60 bits per heavy atom. The van der Waals surface area contributed by atoms with E-state index in [-0.39, 0.29) is 5.69 Å². The second-order valence-electron chi connectivity index (χ2n) is 4.39. The largest absolute Gasteiger partial charge is 0.467 e. The summed E-state index contributed by atoms with van der Waals surface area (Å²) in [6.07, 6.45) is 2.55. The zero-order valence-corrected chi connectivity index (χ0v) is 11.3. The van der Waals surface area contributed by atoms with Gasteiger partial charge in [0.2, 0.25) is 0 Å². The Bertz CT molecular complexity index is 567. The average molecular weight is 275 g/mol. The smallest absolute Gasteiger partial charge is 0.273 e. The predicted molar refractivity (Wildman–Crippen MR) is 77.9 cm³/mol. The molecule has 0 fully saturated rings. The molecule has 2 rings (SSSR count). The maximum atomic E-state index is 10.9. The molecule has 6 heteroatoms. The van der Waals surface area contributed by atoms with E-state index < -0.39 is 4.92 Å². The molecule has 0 bridgehead atoms. The van der Waals surface area contributed by atoms with Crippen LogP contribution in [0.4, 0.5) is 17.1 Å². The molecule has 0 amide bonds. The molecule has 0 saturated carbocycles. The maximum Gasteiger partial charge on any atom is 0.273 e. The number of nitro groups is 1. The number of rotatable bonds is 7. The second kappa shape index (κ2) is 6.60. The topological polar surface area (TPSA) is 80.3 Å². The van der Waals surface area contributed by atoms with Crippen LogP contribution >= 0.6 is 0 Å². The van der Waals surface area contributed by atoms with Crippen molar-refractivity contribution in [2.45, 2.75) is 19.9 Å². The Hall–Kier alpha value is -2.50. The van der Waals surface area contributed by atoms with E-state index in [1.54, 1.807) is 12.3 Å². The zero-order chi connectivity index (χ0) is 14.4. The van der Waals surface area contributed by atoms with Gasteiger partial charge in [-0.1, -0.05) is 6.92 Å². The van der Waals surface area contributed by atoms with Gasteiger partial charge < -0.3 is 15.1 Å². The third kappa shape index (κ3) is 3.74. The monoisotopic (exact) mass is 275 g/mol. The molecule has 20 heavy (non-hydrogen) atoms. The number of hydrogen-bond donors (Lipinski definition) is 2. The van der Waals surface area contributed by atoms with Crippen LogP contribution in [0.3, 0.4) is 0 Å². The lowest BCUT2D eigenvalue weighted by Crippen LogP contribution is -2.03. The van der Waals surface area contributed by atoms with Crippen molar-refractivity contribution >= 4 is 17.1 Å². The third-order valence-electron chi connectivity index (χ3n) is 2.75. The number of nitrogens with zero attached hydrogens (tertiary/aromatic N) is 1. The summed E-state index contributed by atoms with van der Waals surface area (Å²) in [5.41, 5.74) is 1.49. The van der Waals surface area contributed by atoms with Crippen LogP contribution in [0.2, 0.25) is 0 Å². The van der Waals surface area contributed by atoms with Gasteiger partial charge in [0.15, 0.2) is 0 Å². The lowest BCUT2D eigenvalue weighted by molar-refractivity contribution is -0.384. The standard InChI is InChI=1S/C14H17N3O3/c1-2-5-15-11-7-12(9-13(8-11)17(18)19)16-10-14-4-3-6-20-14/h3-4,6-9,15-16H,2,5,10H2,1H3. The third-order valence-corrected chi connectivity index (χ3v) is 2.75. The molecule has 6 nitrogen and oxygen atoms in total. The number of nitrogens with one attached hydrogen (secondary N) is 2. The van der Waals surface area contributed by atoms with Gasteiger partial charge in [-0.05, 0) is 24.6 Å². The van der Waals surface area contributed by atoms with E-state index in [9.17, 15) is 10.1 Å². The number of furan rings is 1. The van der Waals surface area contributed by atoms with Crippen molar-refractivity contribution in [2.24, 2.45) is 0 Å². The fourth-order valence-corrected chi connectivity index (χ4v) is 1.79. The highest BCUT2D eigenvalue weighted by molar-refractivity contribution is 5.63. The van der Waals surface area contributed by atoms with Gasteiger partial charge in [0.25, 0.3) is 5.69 Å². The van der Waals surface area contributed by atoms with Gasteiger partial charge in [-0.15, -0.1) is 0 Å². The van der Waals surface area contributed by atoms with Crippen LogP contribution in [0.15, 0.2) is 41.0 Å². The van der Waals surface area contributed by atoms with Gasteiger partial charge in [-0.3, -0.25) is 10.1 Å². The quantitative estimate of drug-likeness (QED) is 0.596. The Balaban J connectivity index is 2.13. The number of hydrogen-bond acceptors (Lipinski definition) is 5. The minimum Gasteiger partial charge on any atom is -0.467 e. The summed E-state index contributed by atoms with van der Waals surface area (Å²) in [6, 6.07) is 8.55. The van der Waals surface area contributed by atoms with Crippen LogP contribution in [0, 0.1) is 10.1 Å².